The molecule has 30 heavy (non-hydrogen) atoms. The zero-order valence-electron chi connectivity index (χ0n) is 18.0. The van der Waals surface area contributed by atoms with Crippen LogP contribution in [0.3, 0.4) is 0 Å². The maximum atomic E-state index is 11.5. The Labute approximate surface area is 191 Å². The number of nitrogens with zero attached hydrogens (tertiary/aromatic N) is 1. The van der Waals surface area contributed by atoms with Gasteiger partial charge in [-0.1, -0.05) is 6.42 Å². The number of carbonyl (C=O) groups excluding carboxylic acids is 1. The minimum atomic E-state index is -0.439. The van der Waals surface area contributed by atoms with Crippen LogP contribution in [0, 0.1) is 0 Å². The lowest BCUT2D eigenvalue weighted by Gasteiger charge is -2.19. The van der Waals surface area contributed by atoms with Crippen molar-refractivity contribution in [3.05, 3.63) is 0 Å². The van der Waals surface area contributed by atoms with Gasteiger partial charge in [0.05, 0.1) is 39.6 Å². The van der Waals surface area contributed by atoms with E-state index in [1.54, 1.807) is 0 Å². The van der Waals surface area contributed by atoms with Crippen molar-refractivity contribution in [1.82, 2.24) is 10.2 Å². The number of amides is 1. The zero-order chi connectivity index (χ0) is 22.3. The van der Waals surface area contributed by atoms with Crippen LogP contribution in [-0.4, -0.2) is 108 Å². The van der Waals surface area contributed by atoms with Gasteiger partial charge in [0, 0.05) is 50.5 Å². The Hall–Kier alpha value is -0.390. The quantitative estimate of drug-likeness (QED) is 0.157. The maximum Gasteiger partial charge on any atom is 0.407 e. The zero-order valence-corrected chi connectivity index (χ0v) is 19.5. The van der Waals surface area contributed by atoms with Crippen molar-refractivity contribution in [3.8, 4) is 0 Å². The number of alkyl carbamates (subject to hydrolysis) is 1. The molecule has 1 amide bonds. The summed E-state index contributed by atoms with van der Waals surface area (Å²) >= 11 is 11.5. The van der Waals surface area contributed by atoms with Gasteiger partial charge in [0.2, 0.25) is 0 Å². The second-order valence-corrected chi connectivity index (χ2v) is 7.37. The number of rotatable bonds is 22. The highest BCUT2D eigenvalue weighted by molar-refractivity contribution is 6.18. The Kier molecular flexibility index (Phi) is 23.0. The van der Waals surface area contributed by atoms with Crippen LogP contribution in [0.5, 0.6) is 0 Å². The van der Waals surface area contributed by atoms with Crippen molar-refractivity contribution >= 4 is 29.3 Å². The van der Waals surface area contributed by atoms with E-state index in [-0.39, 0.29) is 12.6 Å². The van der Waals surface area contributed by atoms with E-state index in [9.17, 15) is 4.79 Å². The molecular formula is C19H40Cl2N4O5. The van der Waals surface area contributed by atoms with Crippen LogP contribution in [0.25, 0.3) is 0 Å². The number of hydrogen-bond acceptors (Lipinski definition) is 8. The third kappa shape index (κ3) is 20.9. The Bertz CT molecular complexity index is 381. The summed E-state index contributed by atoms with van der Waals surface area (Å²) in [7, 11) is 0. The highest BCUT2D eigenvalue weighted by Crippen LogP contribution is 1.97. The number of carbonyl (C=O) groups is 1. The Balaban J connectivity index is 3.29. The van der Waals surface area contributed by atoms with E-state index in [0.717, 1.165) is 38.9 Å². The molecule has 0 rings (SSSR count). The fourth-order valence-electron chi connectivity index (χ4n) is 2.39. The van der Waals surface area contributed by atoms with Crippen LogP contribution in [0.1, 0.15) is 19.3 Å². The molecule has 0 heterocycles. The van der Waals surface area contributed by atoms with Crippen molar-refractivity contribution in [2.45, 2.75) is 25.3 Å². The molecule has 0 aromatic rings. The lowest BCUT2D eigenvalue weighted by atomic mass is 10.1. The molecule has 9 nitrogen and oxygen atoms in total. The molecule has 0 aromatic heterocycles. The summed E-state index contributed by atoms with van der Waals surface area (Å²) in [5, 5.41) is 2.69. The summed E-state index contributed by atoms with van der Waals surface area (Å²) in [5.41, 5.74) is 11.2. The SMILES string of the molecule is NC[C@@H](N)CCCCNC(=O)OCCOCCOCCOCCN(CCCl)CCCl. The molecule has 0 saturated carbocycles. The molecule has 0 saturated heterocycles. The first kappa shape index (κ1) is 29.6. The summed E-state index contributed by atoms with van der Waals surface area (Å²) in [5.74, 6) is 1.17. The van der Waals surface area contributed by atoms with Gasteiger partial charge in [-0.3, -0.25) is 4.90 Å². The monoisotopic (exact) mass is 474 g/mol. The topological polar surface area (TPSA) is 121 Å². The second-order valence-electron chi connectivity index (χ2n) is 6.61. The van der Waals surface area contributed by atoms with E-state index in [1.807, 2.05) is 0 Å². The van der Waals surface area contributed by atoms with Crippen LogP contribution in [0.2, 0.25) is 0 Å². The normalized spacial score (nSPS) is 12.3. The number of hydrogen-bond donors (Lipinski definition) is 3. The molecule has 0 aliphatic rings. The molecule has 1 atom stereocenters. The molecule has 0 aromatic carbocycles. The number of unbranched alkanes of at least 4 members (excludes halogenated alkanes) is 1. The van der Waals surface area contributed by atoms with Crippen molar-refractivity contribution in [2.24, 2.45) is 11.5 Å². The predicted molar refractivity (Wildman–Crippen MR) is 121 cm³/mol. The van der Waals surface area contributed by atoms with Gasteiger partial charge in [0.1, 0.15) is 6.61 Å². The van der Waals surface area contributed by atoms with Crippen molar-refractivity contribution in [2.75, 3.05) is 90.7 Å². The largest absolute Gasteiger partial charge is 0.447 e. The van der Waals surface area contributed by atoms with Crippen molar-refractivity contribution in [3.63, 3.8) is 0 Å². The molecule has 0 unspecified atom stereocenters. The molecular weight excluding hydrogens is 435 g/mol. The second kappa shape index (κ2) is 23.3. The third-order valence-corrected chi connectivity index (χ3v) is 4.47. The highest BCUT2D eigenvalue weighted by atomic mass is 35.5. The fourth-order valence-corrected chi connectivity index (χ4v) is 2.87. The molecule has 0 aliphatic heterocycles. The first-order valence-electron chi connectivity index (χ1n) is 10.6. The van der Waals surface area contributed by atoms with Gasteiger partial charge in [-0.15, -0.1) is 23.2 Å². The molecule has 180 valence electrons. The van der Waals surface area contributed by atoms with Crippen LogP contribution in [0.15, 0.2) is 0 Å². The highest BCUT2D eigenvalue weighted by Gasteiger charge is 2.04. The van der Waals surface area contributed by atoms with Gasteiger partial charge in [-0.05, 0) is 12.8 Å². The van der Waals surface area contributed by atoms with E-state index < -0.39 is 6.09 Å². The predicted octanol–water partition coefficient (Wildman–Crippen LogP) is 0.998. The van der Waals surface area contributed by atoms with Gasteiger partial charge in [0.25, 0.3) is 0 Å². The minimum Gasteiger partial charge on any atom is -0.447 e. The Morgan fingerprint density at radius 3 is 2.00 bits per heavy atom. The standard InChI is InChI=1S/C19H40Cl2N4O5/c20-4-7-25(8-5-21)9-10-27-11-12-28-13-14-29-15-16-30-19(26)24-6-2-1-3-18(23)17-22/h18H,1-17,22-23H2,(H,24,26)/t18-/m0/s1. The average molecular weight is 475 g/mol. The van der Waals surface area contributed by atoms with E-state index in [1.165, 1.54) is 0 Å². The summed E-state index contributed by atoms with van der Waals surface area (Å²) in [6.07, 6.45) is 2.19. The molecule has 0 fully saturated rings. The van der Waals surface area contributed by atoms with Gasteiger partial charge in [-0.25, -0.2) is 4.79 Å². The summed E-state index contributed by atoms with van der Waals surface area (Å²) in [6, 6.07) is 0.0315. The first-order chi connectivity index (χ1) is 14.6. The smallest absolute Gasteiger partial charge is 0.407 e. The van der Waals surface area contributed by atoms with E-state index in [2.05, 4.69) is 10.2 Å². The number of ether oxygens (including phenoxy) is 4. The molecule has 0 bridgehead atoms. The lowest BCUT2D eigenvalue weighted by molar-refractivity contribution is 0.00321. The first-order valence-corrected chi connectivity index (χ1v) is 11.6. The van der Waals surface area contributed by atoms with Gasteiger partial charge < -0.3 is 35.7 Å². The van der Waals surface area contributed by atoms with E-state index in [0.29, 0.717) is 64.5 Å². The van der Waals surface area contributed by atoms with Crippen LogP contribution in [0.4, 0.5) is 4.79 Å². The van der Waals surface area contributed by atoms with Crippen LogP contribution >= 0.6 is 23.2 Å². The summed E-state index contributed by atoms with van der Waals surface area (Å²) < 4.78 is 21.3. The molecule has 0 spiro atoms. The van der Waals surface area contributed by atoms with Crippen LogP contribution < -0.4 is 16.8 Å². The van der Waals surface area contributed by atoms with Gasteiger partial charge in [-0.2, -0.15) is 0 Å². The number of alkyl halides is 2. The van der Waals surface area contributed by atoms with E-state index >= 15 is 0 Å². The number of halogens is 2. The van der Waals surface area contributed by atoms with Crippen LogP contribution in [-0.2, 0) is 18.9 Å². The molecule has 5 N–H and O–H groups in total. The number of nitrogens with one attached hydrogen (secondary N) is 1. The van der Waals surface area contributed by atoms with Crippen molar-refractivity contribution in [1.29, 1.82) is 0 Å². The fraction of sp³-hybridized carbons (Fsp3) is 0.947. The van der Waals surface area contributed by atoms with Crippen molar-refractivity contribution < 1.29 is 23.7 Å². The Morgan fingerprint density at radius 2 is 1.43 bits per heavy atom. The average Bonchev–Trinajstić information content (AvgIpc) is 2.74. The molecule has 11 heteroatoms. The van der Waals surface area contributed by atoms with Gasteiger partial charge in [0.15, 0.2) is 0 Å². The Morgan fingerprint density at radius 1 is 0.867 bits per heavy atom. The molecule has 0 radical (unpaired) electrons. The summed E-state index contributed by atoms with van der Waals surface area (Å²) in [4.78, 5) is 13.6. The minimum absolute atomic E-state index is 0.0315. The van der Waals surface area contributed by atoms with E-state index in [4.69, 9.17) is 53.6 Å². The lowest BCUT2D eigenvalue weighted by Crippen LogP contribution is -2.31. The molecule has 0 aliphatic carbocycles. The maximum absolute atomic E-state index is 11.5. The third-order valence-electron chi connectivity index (χ3n) is 4.13. The van der Waals surface area contributed by atoms with Gasteiger partial charge >= 0.3 is 6.09 Å². The number of nitrogens with two attached hydrogens (primary N) is 2. The summed E-state index contributed by atoms with van der Waals surface area (Å²) in [6.45, 7) is 6.54.